The molecule has 3 heterocycles. The van der Waals surface area contributed by atoms with Crippen molar-refractivity contribution in [1.29, 1.82) is 0 Å². The average molecular weight is 306 g/mol. The number of amides is 1. The largest absolute Gasteiger partial charge is 0.377 e. The summed E-state index contributed by atoms with van der Waals surface area (Å²) in [4.78, 5) is 16.6. The number of piperidine rings is 2. The van der Waals surface area contributed by atoms with Crippen LogP contribution in [-0.2, 0) is 9.53 Å². The van der Waals surface area contributed by atoms with E-state index in [0.717, 1.165) is 45.6 Å². The van der Waals surface area contributed by atoms with E-state index in [2.05, 4.69) is 11.5 Å². The molecule has 0 saturated carbocycles. The van der Waals surface area contributed by atoms with Crippen LogP contribution in [0.5, 0.6) is 0 Å². The highest BCUT2D eigenvalue weighted by Gasteiger charge is 2.40. The third-order valence-corrected chi connectivity index (χ3v) is 5.75. The van der Waals surface area contributed by atoms with Gasteiger partial charge in [0.1, 0.15) is 0 Å². The molecule has 3 fully saturated rings. The van der Waals surface area contributed by atoms with Crippen molar-refractivity contribution in [1.82, 2.24) is 9.80 Å². The Morgan fingerprint density at radius 1 is 1.27 bits per heavy atom. The Bertz CT molecular complexity index is 396. The SMILES string of the molecule is C=CCN1CC2(CCC1=O)CCN(C[C@@H]1CCCCO1)CC2. The van der Waals surface area contributed by atoms with Gasteiger partial charge in [-0.05, 0) is 57.0 Å². The molecule has 4 nitrogen and oxygen atoms in total. The van der Waals surface area contributed by atoms with Crippen LogP contribution in [0.15, 0.2) is 12.7 Å². The number of ether oxygens (including phenoxy) is 1. The van der Waals surface area contributed by atoms with Crippen LogP contribution >= 0.6 is 0 Å². The summed E-state index contributed by atoms with van der Waals surface area (Å²) in [7, 11) is 0. The minimum absolute atomic E-state index is 0.309. The fourth-order valence-corrected chi connectivity index (χ4v) is 4.28. The monoisotopic (exact) mass is 306 g/mol. The fourth-order valence-electron chi connectivity index (χ4n) is 4.28. The molecule has 0 unspecified atom stereocenters. The summed E-state index contributed by atoms with van der Waals surface area (Å²) in [6, 6.07) is 0. The molecule has 124 valence electrons. The number of likely N-dealkylation sites (tertiary alicyclic amines) is 2. The van der Waals surface area contributed by atoms with Crippen LogP contribution in [-0.4, -0.2) is 61.1 Å². The van der Waals surface area contributed by atoms with Gasteiger partial charge in [0.15, 0.2) is 0 Å². The predicted octanol–water partition coefficient (Wildman–Crippen LogP) is 2.45. The molecule has 0 aromatic carbocycles. The first-order chi connectivity index (χ1) is 10.7. The van der Waals surface area contributed by atoms with Crippen molar-refractivity contribution in [2.24, 2.45) is 5.41 Å². The molecule has 0 aliphatic carbocycles. The van der Waals surface area contributed by atoms with Crippen molar-refractivity contribution in [2.45, 2.75) is 51.0 Å². The number of rotatable bonds is 4. The van der Waals surface area contributed by atoms with Crippen LogP contribution < -0.4 is 0 Å². The molecule has 1 atom stereocenters. The summed E-state index contributed by atoms with van der Waals surface area (Å²) >= 11 is 0. The fraction of sp³-hybridized carbons (Fsp3) is 0.833. The van der Waals surface area contributed by atoms with Crippen LogP contribution in [0, 0.1) is 5.41 Å². The Hall–Kier alpha value is -0.870. The van der Waals surface area contributed by atoms with E-state index in [9.17, 15) is 4.79 Å². The van der Waals surface area contributed by atoms with Gasteiger partial charge >= 0.3 is 0 Å². The maximum atomic E-state index is 12.0. The molecule has 3 aliphatic rings. The first-order valence-electron chi connectivity index (χ1n) is 8.93. The van der Waals surface area contributed by atoms with Crippen molar-refractivity contribution in [3.05, 3.63) is 12.7 Å². The van der Waals surface area contributed by atoms with Gasteiger partial charge in [0.25, 0.3) is 0 Å². The van der Waals surface area contributed by atoms with E-state index in [-0.39, 0.29) is 0 Å². The number of carbonyl (C=O) groups excluding carboxylic acids is 1. The second-order valence-electron chi connectivity index (χ2n) is 7.35. The van der Waals surface area contributed by atoms with Gasteiger partial charge < -0.3 is 14.5 Å². The zero-order valence-corrected chi connectivity index (χ0v) is 13.8. The first kappa shape index (κ1) is 16.0. The van der Waals surface area contributed by atoms with E-state index in [0.29, 0.717) is 24.0 Å². The van der Waals surface area contributed by atoms with Crippen LogP contribution in [0.2, 0.25) is 0 Å². The van der Waals surface area contributed by atoms with Crippen LogP contribution in [0.1, 0.15) is 44.9 Å². The van der Waals surface area contributed by atoms with E-state index >= 15 is 0 Å². The Morgan fingerprint density at radius 3 is 2.77 bits per heavy atom. The standard InChI is InChI=1S/C18H30N2O2/c1-2-10-20-15-18(7-6-17(20)21)8-11-19(12-9-18)14-16-5-3-4-13-22-16/h2,16H,1,3-15H2/t16-/m0/s1. The average Bonchev–Trinajstić information content (AvgIpc) is 2.55. The second kappa shape index (κ2) is 7.14. The highest BCUT2D eigenvalue weighted by atomic mass is 16.5. The number of nitrogens with zero attached hydrogens (tertiary/aromatic N) is 2. The Morgan fingerprint density at radius 2 is 2.09 bits per heavy atom. The maximum Gasteiger partial charge on any atom is 0.222 e. The van der Waals surface area contributed by atoms with E-state index in [1.165, 1.54) is 32.1 Å². The molecular formula is C18H30N2O2. The Labute approximate surface area is 134 Å². The summed E-state index contributed by atoms with van der Waals surface area (Å²) in [6.45, 7) is 9.80. The van der Waals surface area contributed by atoms with Crippen LogP contribution in [0.3, 0.4) is 0 Å². The van der Waals surface area contributed by atoms with Gasteiger partial charge in [-0.3, -0.25) is 4.79 Å². The van der Waals surface area contributed by atoms with Crippen molar-refractivity contribution in [3.8, 4) is 0 Å². The van der Waals surface area contributed by atoms with Gasteiger partial charge in [0, 0.05) is 32.7 Å². The van der Waals surface area contributed by atoms with Gasteiger partial charge in [-0.15, -0.1) is 6.58 Å². The Kier molecular flexibility index (Phi) is 5.19. The zero-order valence-electron chi connectivity index (χ0n) is 13.8. The maximum absolute atomic E-state index is 12.0. The van der Waals surface area contributed by atoms with Crippen molar-refractivity contribution in [2.75, 3.05) is 39.3 Å². The molecule has 0 radical (unpaired) electrons. The minimum Gasteiger partial charge on any atom is -0.377 e. The molecule has 3 aliphatic heterocycles. The predicted molar refractivity (Wildman–Crippen MR) is 87.7 cm³/mol. The van der Waals surface area contributed by atoms with Crippen molar-refractivity contribution >= 4 is 5.91 Å². The van der Waals surface area contributed by atoms with Crippen molar-refractivity contribution in [3.63, 3.8) is 0 Å². The number of carbonyl (C=O) groups is 1. The summed E-state index contributed by atoms with van der Waals surface area (Å²) in [5.41, 5.74) is 0.362. The topological polar surface area (TPSA) is 32.8 Å². The zero-order chi connectivity index (χ0) is 15.4. The smallest absolute Gasteiger partial charge is 0.222 e. The normalized spacial score (nSPS) is 29.7. The molecule has 4 heteroatoms. The van der Waals surface area contributed by atoms with Gasteiger partial charge in [0.2, 0.25) is 5.91 Å². The first-order valence-corrected chi connectivity index (χ1v) is 8.93. The van der Waals surface area contributed by atoms with E-state index in [1.807, 2.05) is 11.0 Å². The van der Waals surface area contributed by atoms with E-state index in [4.69, 9.17) is 4.74 Å². The van der Waals surface area contributed by atoms with Gasteiger partial charge in [-0.25, -0.2) is 0 Å². The van der Waals surface area contributed by atoms with Gasteiger partial charge in [0.05, 0.1) is 6.10 Å². The number of hydrogen-bond donors (Lipinski definition) is 0. The molecule has 0 bridgehead atoms. The van der Waals surface area contributed by atoms with Gasteiger partial charge in [-0.1, -0.05) is 6.08 Å². The number of hydrogen-bond acceptors (Lipinski definition) is 3. The highest BCUT2D eigenvalue weighted by molar-refractivity contribution is 5.77. The molecule has 3 saturated heterocycles. The van der Waals surface area contributed by atoms with Crippen LogP contribution in [0.4, 0.5) is 0 Å². The molecule has 1 amide bonds. The molecule has 0 aromatic heterocycles. The lowest BCUT2D eigenvalue weighted by atomic mass is 9.72. The molecule has 1 spiro atoms. The summed E-state index contributed by atoms with van der Waals surface area (Å²) < 4.78 is 5.88. The molecule has 3 rings (SSSR count). The third-order valence-electron chi connectivity index (χ3n) is 5.75. The Balaban J connectivity index is 1.49. The lowest BCUT2D eigenvalue weighted by Crippen LogP contribution is -2.52. The highest BCUT2D eigenvalue weighted by Crippen LogP contribution is 2.40. The minimum atomic E-state index is 0.309. The third kappa shape index (κ3) is 3.72. The lowest BCUT2D eigenvalue weighted by Gasteiger charge is -2.47. The summed E-state index contributed by atoms with van der Waals surface area (Å²) in [5.74, 6) is 0.309. The quantitative estimate of drug-likeness (QED) is 0.748. The van der Waals surface area contributed by atoms with E-state index < -0.39 is 0 Å². The summed E-state index contributed by atoms with van der Waals surface area (Å²) in [6.07, 6.45) is 10.3. The molecular weight excluding hydrogens is 276 g/mol. The van der Waals surface area contributed by atoms with E-state index in [1.54, 1.807) is 0 Å². The molecule has 0 aromatic rings. The summed E-state index contributed by atoms with van der Waals surface area (Å²) in [5, 5.41) is 0. The van der Waals surface area contributed by atoms with Crippen molar-refractivity contribution < 1.29 is 9.53 Å². The van der Waals surface area contributed by atoms with Crippen LogP contribution in [0.25, 0.3) is 0 Å². The van der Waals surface area contributed by atoms with Gasteiger partial charge in [-0.2, -0.15) is 0 Å². The lowest BCUT2D eigenvalue weighted by molar-refractivity contribution is -0.138. The molecule has 0 N–H and O–H groups in total. The molecule has 22 heavy (non-hydrogen) atoms. The second-order valence-corrected chi connectivity index (χ2v) is 7.35.